The zero-order valence-corrected chi connectivity index (χ0v) is 9.63. The summed E-state index contributed by atoms with van der Waals surface area (Å²) in [7, 11) is 0. The molecule has 0 spiro atoms. The number of rotatable bonds is 5. The highest BCUT2D eigenvalue weighted by atomic mass is 19.4. The third-order valence-corrected chi connectivity index (χ3v) is 2.41. The highest BCUT2D eigenvalue weighted by Gasteiger charge is 2.30. The van der Waals surface area contributed by atoms with Crippen LogP contribution in [0.1, 0.15) is 37.8 Å². The van der Waals surface area contributed by atoms with Crippen molar-refractivity contribution in [3.63, 3.8) is 0 Å². The lowest BCUT2D eigenvalue weighted by Gasteiger charge is -2.13. The molecule has 0 aromatic heterocycles. The molecule has 0 radical (unpaired) electrons. The topological polar surface area (TPSA) is 35.2 Å². The van der Waals surface area contributed by atoms with Crippen molar-refractivity contribution in [2.24, 2.45) is 5.73 Å². The minimum Gasteiger partial charge on any atom is -0.406 e. The Morgan fingerprint density at radius 3 is 2.29 bits per heavy atom. The van der Waals surface area contributed by atoms with E-state index in [4.69, 9.17) is 5.73 Å². The molecule has 96 valence electrons. The fourth-order valence-electron chi connectivity index (χ4n) is 1.51. The number of nitrogens with two attached hydrogens (primary N) is 1. The van der Waals surface area contributed by atoms with Crippen LogP contribution in [0.5, 0.6) is 5.75 Å². The summed E-state index contributed by atoms with van der Waals surface area (Å²) in [6.45, 7) is 2.06. The molecule has 0 amide bonds. The Morgan fingerprint density at radius 1 is 1.24 bits per heavy atom. The van der Waals surface area contributed by atoms with Gasteiger partial charge >= 0.3 is 6.36 Å². The molecule has 1 atom stereocenters. The van der Waals surface area contributed by atoms with E-state index in [1.54, 1.807) is 12.1 Å². The maximum atomic E-state index is 11.9. The molecule has 1 rings (SSSR count). The number of halogens is 3. The lowest BCUT2D eigenvalue weighted by molar-refractivity contribution is -0.274. The third-order valence-electron chi connectivity index (χ3n) is 2.41. The number of unbranched alkanes of at least 4 members (excludes halogenated alkanes) is 1. The van der Waals surface area contributed by atoms with Crippen LogP contribution in [0.4, 0.5) is 13.2 Å². The molecule has 1 aromatic carbocycles. The summed E-state index contributed by atoms with van der Waals surface area (Å²) in [5.74, 6) is -0.219. The standard InChI is InChI=1S/C12H16F3NO/c1-2-3-4-11(16)9-5-7-10(8-6-9)17-12(13,14)15/h5-8,11H,2-4,16H2,1H3. The average Bonchev–Trinajstić information content (AvgIpc) is 2.24. The molecule has 17 heavy (non-hydrogen) atoms. The summed E-state index contributed by atoms with van der Waals surface area (Å²) in [6, 6.07) is 5.58. The van der Waals surface area contributed by atoms with Crippen molar-refractivity contribution in [3.05, 3.63) is 29.8 Å². The van der Waals surface area contributed by atoms with Crippen molar-refractivity contribution in [1.29, 1.82) is 0 Å². The van der Waals surface area contributed by atoms with Crippen LogP contribution in [-0.4, -0.2) is 6.36 Å². The summed E-state index contributed by atoms with van der Waals surface area (Å²) in [5, 5.41) is 0. The second kappa shape index (κ2) is 5.91. The molecule has 0 fully saturated rings. The summed E-state index contributed by atoms with van der Waals surface area (Å²) in [5.41, 5.74) is 6.72. The lowest BCUT2D eigenvalue weighted by Crippen LogP contribution is -2.17. The molecule has 0 bridgehead atoms. The Kier molecular flexibility index (Phi) is 4.81. The quantitative estimate of drug-likeness (QED) is 0.859. The smallest absolute Gasteiger partial charge is 0.406 e. The van der Waals surface area contributed by atoms with Gasteiger partial charge in [0, 0.05) is 6.04 Å². The molecule has 2 N–H and O–H groups in total. The zero-order valence-electron chi connectivity index (χ0n) is 9.63. The van der Waals surface area contributed by atoms with Crippen molar-refractivity contribution in [2.45, 2.75) is 38.6 Å². The second-order valence-corrected chi connectivity index (χ2v) is 3.87. The van der Waals surface area contributed by atoms with Gasteiger partial charge in [-0.2, -0.15) is 0 Å². The predicted molar refractivity (Wildman–Crippen MR) is 59.6 cm³/mol. The zero-order chi connectivity index (χ0) is 12.9. The van der Waals surface area contributed by atoms with E-state index in [-0.39, 0.29) is 11.8 Å². The van der Waals surface area contributed by atoms with E-state index in [2.05, 4.69) is 11.7 Å². The minimum atomic E-state index is -4.65. The summed E-state index contributed by atoms with van der Waals surface area (Å²) < 4.78 is 39.5. The number of benzene rings is 1. The van der Waals surface area contributed by atoms with Gasteiger partial charge in [0.15, 0.2) is 0 Å². The molecule has 0 heterocycles. The molecule has 1 aromatic rings. The Balaban J connectivity index is 2.61. The van der Waals surface area contributed by atoms with Gasteiger partial charge in [0.1, 0.15) is 5.75 Å². The Bertz CT molecular complexity index is 335. The fourth-order valence-corrected chi connectivity index (χ4v) is 1.51. The molecule has 0 saturated heterocycles. The maximum absolute atomic E-state index is 11.9. The van der Waals surface area contributed by atoms with Crippen molar-refractivity contribution < 1.29 is 17.9 Å². The molecule has 2 nitrogen and oxygen atoms in total. The first-order chi connectivity index (χ1) is 7.92. The Morgan fingerprint density at radius 2 is 1.82 bits per heavy atom. The monoisotopic (exact) mass is 247 g/mol. The van der Waals surface area contributed by atoms with E-state index in [1.807, 2.05) is 0 Å². The first-order valence-electron chi connectivity index (χ1n) is 5.53. The molecule has 0 aliphatic rings. The normalized spacial score (nSPS) is 13.5. The van der Waals surface area contributed by atoms with Crippen LogP contribution in [0.15, 0.2) is 24.3 Å². The molecular weight excluding hydrogens is 231 g/mol. The predicted octanol–water partition coefficient (Wildman–Crippen LogP) is 3.78. The van der Waals surface area contributed by atoms with Crippen LogP contribution < -0.4 is 10.5 Å². The van der Waals surface area contributed by atoms with E-state index in [0.29, 0.717) is 0 Å². The van der Waals surface area contributed by atoms with Crippen LogP contribution in [0.25, 0.3) is 0 Å². The van der Waals surface area contributed by atoms with E-state index in [9.17, 15) is 13.2 Å². The van der Waals surface area contributed by atoms with Crippen LogP contribution in [0.2, 0.25) is 0 Å². The summed E-state index contributed by atoms with van der Waals surface area (Å²) in [6.07, 6.45) is -1.77. The number of ether oxygens (including phenoxy) is 1. The maximum Gasteiger partial charge on any atom is 0.573 e. The van der Waals surface area contributed by atoms with E-state index < -0.39 is 6.36 Å². The van der Waals surface area contributed by atoms with E-state index in [0.717, 1.165) is 24.8 Å². The van der Waals surface area contributed by atoms with Crippen LogP contribution in [0.3, 0.4) is 0 Å². The number of hydrogen-bond acceptors (Lipinski definition) is 2. The Labute approximate surface area is 98.6 Å². The van der Waals surface area contributed by atoms with Gasteiger partial charge in [-0.1, -0.05) is 31.9 Å². The van der Waals surface area contributed by atoms with Crippen molar-refractivity contribution in [3.8, 4) is 5.75 Å². The first kappa shape index (κ1) is 13.8. The Hall–Kier alpha value is -1.23. The molecule has 0 aliphatic heterocycles. The van der Waals surface area contributed by atoms with Crippen LogP contribution in [-0.2, 0) is 0 Å². The fraction of sp³-hybridized carbons (Fsp3) is 0.500. The van der Waals surface area contributed by atoms with Crippen molar-refractivity contribution >= 4 is 0 Å². The highest BCUT2D eigenvalue weighted by molar-refractivity contribution is 5.29. The molecule has 0 aliphatic carbocycles. The molecular formula is C12H16F3NO. The molecule has 5 heteroatoms. The van der Waals surface area contributed by atoms with Gasteiger partial charge in [-0.3, -0.25) is 0 Å². The molecule has 1 unspecified atom stereocenters. The van der Waals surface area contributed by atoms with E-state index in [1.165, 1.54) is 12.1 Å². The largest absolute Gasteiger partial charge is 0.573 e. The van der Waals surface area contributed by atoms with Crippen molar-refractivity contribution in [2.75, 3.05) is 0 Å². The number of hydrogen-bond donors (Lipinski definition) is 1. The number of alkyl halides is 3. The van der Waals surface area contributed by atoms with E-state index >= 15 is 0 Å². The summed E-state index contributed by atoms with van der Waals surface area (Å²) in [4.78, 5) is 0. The summed E-state index contributed by atoms with van der Waals surface area (Å²) >= 11 is 0. The highest BCUT2D eigenvalue weighted by Crippen LogP contribution is 2.25. The van der Waals surface area contributed by atoms with Gasteiger partial charge in [-0.15, -0.1) is 13.2 Å². The van der Waals surface area contributed by atoms with Gasteiger partial charge in [-0.05, 0) is 24.1 Å². The second-order valence-electron chi connectivity index (χ2n) is 3.87. The third kappa shape index (κ3) is 5.08. The van der Waals surface area contributed by atoms with Gasteiger partial charge in [-0.25, -0.2) is 0 Å². The van der Waals surface area contributed by atoms with Gasteiger partial charge in [0.25, 0.3) is 0 Å². The lowest BCUT2D eigenvalue weighted by atomic mass is 10.0. The van der Waals surface area contributed by atoms with Gasteiger partial charge in [0.2, 0.25) is 0 Å². The van der Waals surface area contributed by atoms with Gasteiger partial charge < -0.3 is 10.5 Å². The van der Waals surface area contributed by atoms with Crippen LogP contribution >= 0.6 is 0 Å². The minimum absolute atomic E-state index is 0.130. The SMILES string of the molecule is CCCCC(N)c1ccc(OC(F)(F)F)cc1. The van der Waals surface area contributed by atoms with Crippen molar-refractivity contribution in [1.82, 2.24) is 0 Å². The first-order valence-corrected chi connectivity index (χ1v) is 5.53. The average molecular weight is 247 g/mol. The molecule has 0 saturated carbocycles. The van der Waals surface area contributed by atoms with Crippen LogP contribution in [0, 0.1) is 0 Å². The van der Waals surface area contributed by atoms with Gasteiger partial charge in [0.05, 0.1) is 0 Å².